The van der Waals surface area contributed by atoms with Crippen LogP contribution in [0.3, 0.4) is 0 Å². The summed E-state index contributed by atoms with van der Waals surface area (Å²) in [5.74, 6) is -0.800. The molecule has 0 aromatic carbocycles. The van der Waals surface area contributed by atoms with Gasteiger partial charge in [0.15, 0.2) is 0 Å². The van der Waals surface area contributed by atoms with Gasteiger partial charge in [-0.2, -0.15) is 0 Å². The maximum Gasteiger partial charge on any atom is 0.322 e. The molecular formula is C10H22N2O2. The summed E-state index contributed by atoms with van der Waals surface area (Å²) in [6, 6.07) is -0.495. The number of hydrogen-bond acceptors (Lipinski definition) is 3. The zero-order valence-corrected chi connectivity index (χ0v) is 9.79. The minimum atomic E-state index is -0.800. The lowest BCUT2D eigenvalue weighted by molar-refractivity contribution is -0.140. The third kappa shape index (κ3) is 3.64. The van der Waals surface area contributed by atoms with Gasteiger partial charge in [-0.3, -0.25) is 9.69 Å². The fourth-order valence-electron chi connectivity index (χ4n) is 1.08. The van der Waals surface area contributed by atoms with E-state index in [1.807, 2.05) is 7.05 Å². The van der Waals surface area contributed by atoms with Crippen LogP contribution in [0.25, 0.3) is 0 Å². The summed E-state index contributed by atoms with van der Waals surface area (Å²) in [4.78, 5) is 12.9. The number of hydrogen-bond donors (Lipinski definition) is 2. The van der Waals surface area contributed by atoms with Crippen LogP contribution >= 0.6 is 0 Å². The zero-order chi connectivity index (χ0) is 11.4. The van der Waals surface area contributed by atoms with Crippen LogP contribution in [0.5, 0.6) is 0 Å². The highest BCUT2D eigenvalue weighted by Gasteiger charge is 2.25. The summed E-state index contributed by atoms with van der Waals surface area (Å²) in [7, 11) is 3.63. The van der Waals surface area contributed by atoms with Crippen molar-refractivity contribution in [2.45, 2.75) is 38.8 Å². The minimum Gasteiger partial charge on any atom is -0.480 e. The number of aliphatic carboxylic acids is 1. The second-order valence-corrected chi connectivity index (χ2v) is 4.23. The molecule has 1 atom stereocenters. The molecule has 4 heteroatoms. The largest absolute Gasteiger partial charge is 0.480 e. The van der Waals surface area contributed by atoms with E-state index in [4.69, 9.17) is 5.11 Å². The van der Waals surface area contributed by atoms with Gasteiger partial charge in [-0.15, -0.1) is 0 Å². The third-order valence-electron chi connectivity index (χ3n) is 3.00. The van der Waals surface area contributed by atoms with Gasteiger partial charge in [-0.1, -0.05) is 6.92 Å². The zero-order valence-electron chi connectivity index (χ0n) is 9.79. The van der Waals surface area contributed by atoms with Gasteiger partial charge in [-0.25, -0.2) is 0 Å². The topological polar surface area (TPSA) is 52.6 Å². The smallest absolute Gasteiger partial charge is 0.322 e. The quantitative estimate of drug-likeness (QED) is 0.668. The van der Waals surface area contributed by atoms with E-state index in [1.165, 1.54) is 0 Å². The van der Waals surface area contributed by atoms with Crippen molar-refractivity contribution in [1.29, 1.82) is 0 Å². The molecule has 0 aromatic rings. The predicted molar refractivity (Wildman–Crippen MR) is 57.5 cm³/mol. The van der Waals surface area contributed by atoms with E-state index in [-0.39, 0.29) is 5.54 Å². The maximum absolute atomic E-state index is 10.8. The van der Waals surface area contributed by atoms with E-state index < -0.39 is 12.0 Å². The SMILES string of the molecule is CCC(C)(C)N(C)CC(NC)C(=O)O. The van der Waals surface area contributed by atoms with Gasteiger partial charge in [0, 0.05) is 12.1 Å². The maximum atomic E-state index is 10.8. The van der Waals surface area contributed by atoms with E-state index in [1.54, 1.807) is 7.05 Å². The van der Waals surface area contributed by atoms with Gasteiger partial charge in [0.1, 0.15) is 6.04 Å². The third-order valence-corrected chi connectivity index (χ3v) is 3.00. The van der Waals surface area contributed by atoms with Gasteiger partial charge in [0.2, 0.25) is 0 Å². The van der Waals surface area contributed by atoms with E-state index >= 15 is 0 Å². The first-order valence-electron chi connectivity index (χ1n) is 4.96. The molecule has 0 amide bonds. The highest BCUT2D eigenvalue weighted by molar-refractivity contribution is 5.73. The molecule has 4 nitrogen and oxygen atoms in total. The lowest BCUT2D eigenvalue weighted by atomic mass is 9.99. The molecule has 0 radical (unpaired) electrons. The van der Waals surface area contributed by atoms with Crippen molar-refractivity contribution in [1.82, 2.24) is 10.2 Å². The van der Waals surface area contributed by atoms with Crippen molar-refractivity contribution >= 4 is 5.97 Å². The molecule has 0 bridgehead atoms. The summed E-state index contributed by atoms with van der Waals surface area (Å²) in [6.07, 6.45) is 1.000. The molecule has 0 aliphatic carbocycles. The second-order valence-electron chi connectivity index (χ2n) is 4.23. The molecule has 0 aliphatic heterocycles. The van der Waals surface area contributed by atoms with E-state index in [0.717, 1.165) is 6.42 Å². The Morgan fingerprint density at radius 1 is 1.57 bits per heavy atom. The van der Waals surface area contributed by atoms with Gasteiger partial charge >= 0.3 is 5.97 Å². The Labute approximate surface area is 86.3 Å². The van der Waals surface area contributed by atoms with Crippen molar-refractivity contribution in [2.75, 3.05) is 20.6 Å². The van der Waals surface area contributed by atoms with Crippen LogP contribution in [0.2, 0.25) is 0 Å². The molecule has 0 saturated carbocycles. The molecule has 2 N–H and O–H groups in total. The van der Waals surface area contributed by atoms with E-state index in [0.29, 0.717) is 6.54 Å². The van der Waals surface area contributed by atoms with Crippen molar-refractivity contribution in [3.05, 3.63) is 0 Å². The molecule has 0 saturated heterocycles. The number of nitrogens with zero attached hydrogens (tertiary/aromatic N) is 1. The minimum absolute atomic E-state index is 0.0462. The fourth-order valence-corrected chi connectivity index (χ4v) is 1.08. The Kier molecular flexibility index (Phi) is 5.08. The first-order valence-corrected chi connectivity index (χ1v) is 4.96. The Morgan fingerprint density at radius 2 is 2.07 bits per heavy atom. The van der Waals surface area contributed by atoms with Crippen LogP contribution in [0, 0.1) is 0 Å². The summed E-state index contributed by atoms with van der Waals surface area (Å²) < 4.78 is 0. The fraction of sp³-hybridized carbons (Fsp3) is 0.900. The van der Waals surface area contributed by atoms with Crippen LogP contribution < -0.4 is 5.32 Å². The molecule has 0 rings (SSSR count). The number of likely N-dealkylation sites (N-methyl/N-ethyl adjacent to an activating group) is 2. The normalized spacial score (nSPS) is 14.4. The molecule has 0 heterocycles. The number of rotatable bonds is 6. The summed E-state index contributed by atoms with van der Waals surface area (Å²) >= 11 is 0. The highest BCUT2D eigenvalue weighted by atomic mass is 16.4. The molecule has 0 spiro atoms. The van der Waals surface area contributed by atoms with E-state index in [9.17, 15) is 4.79 Å². The van der Waals surface area contributed by atoms with Crippen LogP contribution in [0.1, 0.15) is 27.2 Å². The predicted octanol–water partition coefficient (Wildman–Crippen LogP) is 0.779. The van der Waals surface area contributed by atoms with Gasteiger partial charge < -0.3 is 10.4 Å². The Bertz CT molecular complexity index is 193. The van der Waals surface area contributed by atoms with E-state index in [2.05, 4.69) is 31.0 Å². The monoisotopic (exact) mass is 202 g/mol. The number of carboxylic acid groups (broad SMARTS) is 1. The first-order chi connectivity index (χ1) is 6.35. The second kappa shape index (κ2) is 5.32. The lowest BCUT2D eigenvalue weighted by Crippen LogP contribution is -2.50. The number of carboxylic acids is 1. The molecule has 0 aliphatic rings. The highest BCUT2D eigenvalue weighted by Crippen LogP contribution is 2.16. The Hall–Kier alpha value is -0.610. The molecule has 0 fully saturated rings. The van der Waals surface area contributed by atoms with Gasteiger partial charge in [0.25, 0.3) is 0 Å². The van der Waals surface area contributed by atoms with Crippen LogP contribution in [0.4, 0.5) is 0 Å². The van der Waals surface area contributed by atoms with Crippen molar-refractivity contribution in [2.24, 2.45) is 0 Å². The molecule has 0 aromatic heterocycles. The van der Waals surface area contributed by atoms with Crippen LogP contribution in [0.15, 0.2) is 0 Å². The van der Waals surface area contributed by atoms with Crippen molar-refractivity contribution in [3.8, 4) is 0 Å². The number of nitrogens with one attached hydrogen (secondary N) is 1. The van der Waals surface area contributed by atoms with Crippen LogP contribution in [-0.4, -0.2) is 48.2 Å². The van der Waals surface area contributed by atoms with Gasteiger partial charge in [-0.05, 0) is 34.4 Å². The lowest BCUT2D eigenvalue weighted by Gasteiger charge is -2.36. The van der Waals surface area contributed by atoms with Gasteiger partial charge in [0.05, 0.1) is 0 Å². The summed E-state index contributed by atoms with van der Waals surface area (Å²) in [6.45, 7) is 6.85. The van der Waals surface area contributed by atoms with Crippen molar-refractivity contribution in [3.63, 3.8) is 0 Å². The molecule has 1 unspecified atom stereocenters. The number of carbonyl (C=O) groups is 1. The molecular weight excluding hydrogens is 180 g/mol. The summed E-state index contributed by atoms with van der Waals surface area (Å²) in [5.41, 5.74) is 0.0462. The first kappa shape index (κ1) is 13.4. The molecule has 84 valence electrons. The van der Waals surface area contributed by atoms with Crippen molar-refractivity contribution < 1.29 is 9.90 Å². The van der Waals surface area contributed by atoms with Crippen LogP contribution in [-0.2, 0) is 4.79 Å². The Balaban J connectivity index is 4.29. The molecule has 14 heavy (non-hydrogen) atoms. The average Bonchev–Trinajstić information content (AvgIpc) is 2.12. The summed E-state index contributed by atoms with van der Waals surface area (Å²) in [5, 5.41) is 11.7. The standard InChI is InChI=1S/C10H22N2O2/c1-6-10(2,3)12(5)7-8(11-4)9(13)14/h8,11H,6-7H2,1-5H3,(H,13,14). The average molecular weight is 202 g/mol. The Morgan fingerprint density at radius 3 is 2.36 bits per heavy atom.